The molecule has 0 amide bonds. The lowest BCUT2D eigenvalue weighted by Crippen LogP contribution is -2.32. The first-order valence-corrected chi connectivity index (χ1v) is 20.6. The minimum Gasteiger partial charge on any atom is -0.481 e. The Bertz CT molecular complexity index is 2340. The minimum absolute atomic E-state index is 0.305. The van der Waals surface area contributed by atoms with E-state index in [2.05, 4.69) is 41.9 Å². The molecular weight excluding hydrogens is 720 g/mol. The Labute approximate surface area is 332 Å². The van der Waals surface area contributed by atoms with E-state index in [1.807, 2.05) is 25.1 Å². The van der Waals surface area contributed by atoms with Crippen LogP contribution in [0.1, 0.15) is 126 Å². The first-order valence-electron chi connectivity index (χ1n) is 20.6. The highest BCUT2D eigenvalue weighted by Gasteiger charge is 2.41. The van der Waals surface area contributed by atoms with Crippen molar-refractivity contribution < 1.29 is 24.2 Å². The topological polar surface area (TPSA) is 158 Å². The van der Waals surface area contributed by atoms with Crippen LogP contribution in [0.4, 0.5) is 4.39 Å². The summed E-state index contributed by atoms with van der Waals surface area (Å²) in [5.74, 6) is -2.51. The molecule has 8 rings (SSSR count). The van der Waals surface area contributed by atoms with Gasteiger partial charge in [0.1, 0.15) is 5.82 Å². The van der Waals surface area contributed by atoms with Gasteiger partial charge in [0.05, 0.1) is 69.0 Å². The van der Waals surface area contributed by atoms with Crippen molar-refractivity contribution in [3.05, 3.63) is 89.0 Å². The highest BCUT2D eigenvalue weighted by molar-refractivity contribution is 5.85. The number of rotatable bonds is 8. The summed E-state index contributed by atoms with van der Waals surface area (Å²) in [4.78, 5) is 22.6. The third kappa shape index (κ3) is 7.65. The smallest absolute Gasteiger partial charge is 0.306 e. The van der Waals surface area contributed by atoms with Gasteiger partial charge in [-0.05, 0) is 125 Å². The van der Waals surface area contributed by atoms with Gasteiger partial charge in [-0.15, -0.1) is 0 Å². The van der Waals surface area contributed by atoms with E-state index in [1.54, 1.807) is 16.8 Å². The van der Waals surface area contributed by atoms with E-state index in [0.717, 1.165) is 57.5 Å². The fourth-order valence-electron chi connectivity index (χ4n) is 9.53. The summed E-state index contributed by atoms with van der Waals surface area (Å²) in [6, 6.07) is 24.0. The molecule has 3 aliphatic rings. The lowest BCUT2D eigenvalue weighted by Gasteiger charge is -2.34. The van der Waals surface area contributed by atoms with Crippen LogP contribution in [0.15, 0.2) is 60.7 Å². The third-order valence-electron chi connectivity index (χ3n) is 13.1. The molecule has 57 heavy (non-hydrogen) atoms. The number of fused-ring (bicyclic) bond motifs is 2. The van der Waals surface area contributed by atoms with E-state index in [-0.39, 0.29) is 17.7 Å². The van der Waals surface area contributed by atoms with Crippen molar-refractivity contribution in [2.45, 2.75) is 127 Å². The van der Waals surface area contributed by atoms with Gasteiger partial charge < -0.3 is 10.2 Å². The molecule has 2 aromatic heterocycles. The second-order valence-electron chi connectivity index (χ2n) is 16.3. The summed E-state index contributed by atoms with van der Waals surface area (Å²) in [7, 11) is 0. The molecule has 0 aliphatic heterocycles. The van der Waals surface area contributed by atoms with Gasteiger partial charge in [0.25, 0.3) is 0 Å². The molecule has 0 saturated heterocycles. The normalized spacial score (nSPS) is 23.9. The zero-order chi connectivity index (χ0) is 40.3. The van der Waals surface area contributed by atoms with Crippen LogP contribution in [-0.4, -0.2) is 41.7 Å². The minimum atomic E-state index is -0.783. The molecule has 0 bridgehead atoms. The largest absolute Gasteiger partial charge is 0.481 e. The summed E-state index contributed by atoms with van der Waals surface area (Å²) in [5, 5.41) is 50.5. The second kappa shape index (κ2) is 16.5. The molecular formula is C46H51FN6O4. The van der Waals surface area contributed by atoms with Gasteiger partial charge in [-0.2, -0.15) is 20.7 Å². The monoisotopic (exact) mass is 770 g/mol. The lowest BCUT2D eigenvalue weighted by molar-refractivity contribution is -0.144. The summed E-state index contributed by atoms with van der Waals surface area (Å²) < 4.78 is 17.4. The summed E-state index contributed by atoms with van der Waals surface area (Å²) in [5.41, 5.74) is 5.52. The highest BCUT2D eigenvalue weighted by Crippen LogP contribution is 2.44. The van der Waals surface area contributed by atoms with Gasteiger partial charge in [0.15, 0.2) is 0 Å². The molecule has 296 valence electrons. The predicted octanol–water partition coefficient (Wildman–Crippen LogP) is 9.90. The Hall–Kier alpha value is -5.55. The SMILES string of the molecule is CCc1nn(-c2ccc(F)cc2)c2cc(C3(C#N)CCC(C(=O)O)CC3)ccc12.CCc1nn(C2CCCCC2)c2cc(C3(C#N)CCC(C(=O)O)CC3)ccc12. The van der Waals surface area contributed by atoms with Crippen LogP contribution in [0.25, 0.3) is 27.5 Å². The molecule has 5 aromatic rings. The molecule has 2 N–H and O–H groups in total. The first-order chi connectivity index (χ1) is 27.5. The van der Waals surface area contributed by atoms with Crippen molar-refractivity contribution in [3.63, 3.8) is 0 Å². The standard InChI is InChI=1S/C23H22FN3O2.C23H29N3O2/c1-2-20-19-8-3-16(23(14-25)11-9-15(10-12-23)22(28)29)13-21(19)27(26-20)18-6-4-17(24)5-7-18;1-2-20-19-9-8-17(23(15-24)12-10-16(11-13-23)22(27)28)14-21(19)26(25-20)18-6-4-3-5-7-18/h3-8,13,15H,2,9-12H2,1H3,(H,28,29);8-9,14,16,18H,2-7,10-13H2,1H3,(H,27,28). The maximum Gasteiger partial charge on any atom is 0.306 e. The first kappa shape index (κ1) is 39.7. The molecule has 3 aromatic carbocycles. The van der Waals surface area contributed by atoms with Gasteiger partial charge in [-0.25, -0.2) is 9.07 Å². The molecule has 0 atom stereocenters. The number of aryl methyl sites for hydroxylation is 2. The number of benzene rings is 3. The third-order valence-corrected chi connectivity index (χ3v) is 13.1. The van der Waals surface area contributed by atoms with Crippen LogP contribution in [0.3, 0.4) is 0 Å². The number of aliphatic carboxylic acids is 2. The Morgan fingerprint density at radius 2 is 1.18 bits per heavy atom. The number of carboxylic acid groups (broad SMARTS) is 2. The van der Waals surface area contributed by atoms with Crippen molar-refractivity contribution in [2.75, 3.05) is 0 Å². The van der Waals surface area contributed by atoms with Crippen molar-refractivity contribution in [1.29, 1.82) is 10.5 Å². The lowest BCUT2D eigenvalue weighted by atomic mass is 9.67. The number of carboxylic acids is 2. The number of hydrogen-bond donors (Lipinski definition) is 2. The molecule has 0 unspecified atom stereocenters. The summed E-state index contributed by atoms with van der Waals surface area (Å²) >= 11 is 0. The molecule has 3 saturated carbocycles. The maximum atomic E-state index is 13.4. The fraction of sp³-hybridized carbons (Fsp3) is 0.478. The summed E-state index contributed by atoms with van der Waals surface area (Å²) in [6.07, 6.45) is 12.3. The van der Waals surface area contributed by atoms with Crippen LogP contribution in [0.5, 0.6) is 0 Å². The van der Waals surface area contributed by atoms with E-state index in [4.69, 9.17) is 10.2 Å². The van der Waals surface area contributed by atoms with Crippen molar-refractivity contribution in [3.8, 4) is 17.8 Å². The van der Waals surface area contributed by atoms with Gasteiger partial charge >= 0.3 is 11.9 Å². The number of carbonyl (C=O) groups is 2. The molecule has 0 spiro atoms. The van der Waals surface area contributed by atoms with Gasteiger partial charge in [0, 0.05) is 10.8 Å². The van der Waals surface area contributed by atoms with E-state index < -0.39 is 22.8 Å². The van der Waals surface area contributed by atoms with E-state index in [0.29, 0.717) is 57.4 Å². The second-order valence-corrected chi connectivity index (χ2v) is 16.3. The van der Waals surface area contributed by atoms with Crippen LogP contribution < -0.4 is 0 Å². The Morgan fingerprint density at radius 3 is 1.65 bits per heavy atom. The van der Waals surface area contributed by atoms with Crippen molar-refractivity contribution in [2.24, 2.45) is 11.8 Å². The van der Waals surface area contributed by atoms with Crippen molar-refractivity contribution >= 4 is 33.7 Å². The molecule has 3 aliphatic carbocycles. The van der Waals surface area contributed by atoms with Gasteiger partial charge in [-0.3, -0.25) is 14.3 Å². The summed E-state index contributed by atoms with van der Waals surface area (Å²) in [6.45, 7) is 4.18. The highest BCUT2D eigenvalue weighted by atomic mass is 19.1. The molecule has 10 nitrogen and oxygen atoms in total. The van der Waals surface area contributed by atoms with Gasteiger partial charge in [-0.1, -0.05) is 57.4 Å². The maximum absolute atomic E-state index is 13.4. The predicted molar refractivity (Wildman–Crippen MR) is 215 cm³/mol. The molecule has 11 heteroatoms. The van der Waals surface area contributed by atoms with Crippen LogP contribution in [0, 0.1) is 40.3 Å². The zero-order valence-corrected chi connectivity index (χ0v) is 32.9. The quantitative estimate of drug-likeness (QED) is 0.158. The van der Waals surface area contributed by atoms with E-state index in [1.165, 1.54) is 49.6 Å². The number of nitrogens with zero attached hydrogens (tertiary/aromatic N) is 6. The number of halogens is 1. The number of nitriles is 2. The van der Waals surface area contributed by atoms with Gasteiger partial charge in [0.2, 0.25) is 0 Å². The average molecular weight is 771 g/mol. The Morgan fingerprint density at radius 1 is 0.702 bits per heavy atom. The molecule has 0 radical (unpaired) electrons. The van der Waals surface area contributed by atoms with E-state index in [9.17, 15) is 34.7 Å². The van der Waals surface area contributed by atoms with Crippen LogP contribution in [-0.2, 0) is 33.3 Å². The Balaban J connectivity index is 0.000000174. The number of hydrogen-bond acceptors (Lipinski definition) is 6. The van der Waals surface area contributed by atoms with Crippen LogP contribution in [0.2, 0.25) is 0 Å². The van der Waals surface area contributed by atoms with E-state index >= 15 is 0 Å². The number of aromatic nitrogens is 4. The molecule has 2 heterocycles. The molecule has 3 fully saturated rings. The van der Waals surface area contributed by atoms with Crippen molar-refractivity contribution in [1.82, 2.24) is 19.6 Å². The average Bonchev–Trinajstić information content (AvgIpc) is 3.82. The fourth-order valence-corrected chi connectivity index (χ4v) is 9.53. The van der Waals surface area contributed by atoms with Crippen LogP contribution >= 0.6 is 0 Å². The zero-order valence-electron chi connectivity index (χ0n) is 32.9. The Kier molecular flexibility index (Phi) is 11.5.